The number of nitrogens with one attached hydrogen (secondary N) is 4. The Morgan fingerprint density at radius 3 is 2.42 bits per heavy atom. The molecule has 3 amide bonds. The minimum absolute atomic E-state index is 0.0156. The van der Waals surface area contributed by atoms with E-state index in [-0.39, 0.29) is 24.1 Å². The molecule has 0 aliphatic rings. The molecule has 0 aromatic carbocycles. The van der Waals surface area contributed by atoms with Crippen LogP contribution in [0.5, 0.6) is 0 Å². The van der Waals surface area contributed by atoms with Crippen LogP contribution in [0, 0.1) is 0 Å². The Morgan fingerprint density at radius 1 is 1.00 bits per heavy atom. The fraction of sp³-hybridized carbons (Fsp3) is 0.889. The molecule has 0 spiro atoms. The molecule has 2 atom stereocenters. The second-order valence-electron chi connectivity index (χ2n) is 6.41. The molecule has 0 rings (SSSR count). The molecule has 0 aromatic rings. The molecule has 4 N–H and O–H groups in total. The molecule has 8 nitrogen and oxygen atoms in total. The standard InChI is InChI=1S/C18H38N4O4/c1-5-19-9-7-6-8-10-20-18(24)21-13-16(3)26-12-11-25-14-15(2)22-17(4)23/h15-16,19H,5-14H2,1-4H3,(H,22,23)(H2,20,21,24). The number of amides is 3. The van der Waals surface area contributed by atoms with E-state index in [1.807, 2.05) is 13.8 Å². The van der Waals surface area contributed by atoms with Gasteiger partial charge in [0, 0.05) is 26.1 Å². The van der Waals surface area contributed by atoms with Crippen molar-refractivity contribution in [3.8, 4) is 0 Å². The summed E-state index contributed by atoms with van der Waals surface area (Å²) in [7, 11) is 0. The third-order valence-electron chi connectivity index (χ3n) is 3.56. The van der Waals surface area contributed by atoms with Crippen molar-refractivity contribution in [2.75, 3.05) is 46.0 Å². The Morgan fingerprint density at radius 2 is 1.73 bits per heavy atom. The first kappa shape index (κ1) is 24.6. The van der Waals surface area contributed by atoms with Gasteiger partial charge in [-0.15, -0.1) is 0 Å². The van der Waals surface area contributed by atoms with Crippen LogP contribution in [0.2, 0.25) is 0 Å². The maximum Gasteiger partial charge on any atom is 0.314 e. The third kappa shape index (κ3) is 17.4. The van der Waals surface area contributed by atoms with Crippen LogP contribution < -0.4 is 21.3 Å². The van der Waals surface area contributed by atoms with Crippen molar-refractivity contribution in [1.82, 2.24) is 21.3 Å². The van der Waals surface area contributed by atoms with Crippen LogP contribution in [0.4, 0.5) is 4.79 Å². The van der Waals surface area contributed by atoms with Crippen molar-refractivity contribution >= 4 is 11.9 Å². The molecule has 0 bridgehead atoms. The van der Waals surface area contributed by atoms with E-state index in [4.69, 9.17) is 9.47 Å². The minimum Gasteiger partial charge on any atom is -0.377 e. The predicted molar refractivity (Wildman–Crippen MR) is 103 cm³/mol. The normalized spacial score (nSPS) is 13.1. The summed E-state index contributed by atoms with van der Waals surface area (Å²) >= 11 is 0. The van der Waals surface area contributed by atoms with Crippen molar-refractivity contribution in [3.05, 3.63) is 0 Å². The molecular weight excluding hydrogens is 336 g/mol. The number of rotatable bonds is 16. The number of hydrogen-bond acceptors (Lipinski definition) is 5. The van der Waals surface area contributed by atoms with Crippen molar-refractivity contribution in [2.24, 2.45) is 0 Å². The van der Waals surface area contributed by atoms with E-state index in [1.165, 1.54) is 6.92 Å². The zero-order valence-electron chi connectivity index (χ0n) is 16.9. The molecular formula is C18H38N4O4. The Kier molecular flexibility index (Phi) is 16.1. The molecule has 0 aromatic heterocycles. The first-order valence-corrected chi connectivity index (χ1v) is 9.64. The minimum atomic E-state index is -0.160. The first-order valence-electron chi connectivity index (χ1n) is 9.64. The van der Waals surface area contributed by atoms with Crippen molar-refractivity contribution in [2.45, 2.75) is 59.1 Å². The van der Waals surface area contributed by atoms with Gasteiger partial charge in [-0.05, 0) is 39.8 Å². The van der Waals surface area contributed by atoms with E-state index >= 15 is 0 Å². The summed E-state index contributed by atoms with van der Waals surface area (Å²) in [5.41, 5.74) is 0. The van der Waals surface area contributed by atoms with Gasteiger partial charge < -0.3 is 30.7 Å². The highest BCUT2D eigenvalue weighted by atomic mass is 16.5. The van der Waals surface area contributed by atoms with Gasteiger partial charge in [-0.2, -0.15) is 0 Å². The van der Waals surface area contributed by atoms with Gasteiger partial charge in [0.1, 0.15) is 0 Å². The van der Waals surface area contributed by atoms with Gasteiger partial charge in [0.05, 0.1) is 25.9 Å². The van der Waals surface area contributed by atoms with Gasteiger partial charge >= 0.3 is 6.03 Å². The fourth-order valence-electron chi connectivity index (χ4n) is 2.25. The highest BCUT2D eigenvalue weighted by molar-refractivity contribution is 5.73. The molecule has 2 unspecified atom stereocenters. The summed E-state index contributed by atoms with van der Waals surface area (Å²) in [6.45, 7) is 11.9. The van der Waals surface area contributed by atoms with Gasteiger partial charge in [-0.3, -0.25) is 4.79 Å². The first-order chi connectivity index (χ1) is 12.5. The largest absolute Gasteiger partial charge is 0.377 e. The maximum absolute atomic E-state index is 11.7. The summed E-state index contributed by atoms with van der Waals surface area (Å²) in [5, 5.41) is 11.7. The number of hydrogen-bond donors (Lipinski definition) is 4. The SMILES string of the molecule is CCNCCCCCNC(=O)NCC(C)OCCOCC(C)NC(C)=O. The molecule has 0 aliphatic heterocycles. The van der Waals surface area contributed by atoms with Gasteiger partial charge in [0.2, 0.25) is 5.91 Å². The number of urea groups is 1. The number of unbranched alkanes of at least 4 members (excludes halogenated alkanes) is 2. The van der Waals surface area contributed by atoms with Crippen molar-refractivity contribution < 1.29 is 19.1 Å². The summed E-state index contributed by atoms with van der Waals surface area (Å²) in [4.78, 5) is 22.5. The molecule has 8 heteroatoms. The summed E-state index contributed by atoms with van der Waals surface area (Å²) in [6.07, 6.45) is 3.14. The van der Waals surface area contributed by atoms with Crippen molar-refractivity contribution in [3.63, 3.8) is 0 Å². The average molecular weight is 375 g/mol. The van der Waals surface area contributed by atoms with E-state index in [1.54, 1.807) is 0 Å². The molecule has 0 saturated heterocycles. The smallest absolute Gasteiger partial charge is 0.314 e. The molecule has 0 heterocycles. The maximum atomic E-state index is 11.7. The van der Waals surface area contributed by atoms with E-state index in [0.29, 0.717) is 32.9 Å². The Bertz CT molecular complexity index is 369. The zero-order valence-corrected chi connectivity index (χ0v) is 16.9. The highest BCUT2D eigenvalue weighted by Gasteiger charge is 2.06. The number of ether oxygens (including phenoxy) is 2. The Labute approximate surface area is 158 Å². The van der Waals surface area contributed by atoms with E-state index in [0.717, 1.165) is 32.4 Å². The van der Waals surface area contributed by atoms with Crippen LogP contribution in [0.25, 0.3) is 0 Å². The third-order valence-corrected chi connectivity index (χ3v) is 3.56. The Hall–Kier alpha value is -1.38. The second-order valence-corrected chi connectivity index (χ2v) is 6.41. The lowest BCUT2D eigenvalue weighted by molar-refractivity contribution is -0.120. The van der Waals surface area contributed by atoms with Crippen LogP contribution in [0.1, 0.15) is 47.0 Å². The van der Waals surface area contributed by atoms with Crippen LogP contribution in [0.15, 0.2) is 0 Å². The number of carbonyl (C=O) groups excluding carboxylic acids is 2. The summed E-state index contributed by atoms with van der Waals surface area (Å²) in [5.74, 6) is -0.0659. The molecule has 0 radical (unpaired) electrons. The van der Waals surface area contributed by atoms with E-state index in [9.17, 15) is 9.59 Å². The summed E-state index contributed by atoms with van der Waals surface area (Å²) < 4.78 is 11.0. The lowest BCUT2D eigenvalue weighted by Gasteiger charge is -2.16. The Balaban J connectivity index is 3.45. The van der Waals surface area contributed by atoms with Gasteiger partial charge in [0.15, 0.2) is 0 Å². The molecule has 0 fully saturated rings. The van der Waals surface area contributed by atoms with Gasteiger partial charge in [-0.25, -0.2) is 4.79 Å². The van der Waals surface area contributed by atoms with Gasteiger partial charge in [-0.1, -0.05) is 13.3 Å². The van der Waals surface area contributed by atoms with Crippen molar-refractivity contribution in [1.29, 1.82) is 0 Å². The van der Waals surface area contributed by atoms with Gasteiger partial charge in [0.25, 0.3) is 0 Å². The van der Waals surface area contributed by atoms with E-state index < -0.39 is 0 Å². The van der Waals surface area contributed by atoms with Crippen LogP contribution in [0.3, 0.4) is 0 Å². The quantitative estimate of drug-likeness (QED) is 0.302. The van der Waals surface area contributed by atoms with Crippen LogP contribution in [-0.4, -0.2) is 70.1 Å². The van der Waals surface area contributed by atoms with Crippen LogP contribution >= 0.6 is 0 Å². The number of carbonyl (C=O) groups is 2. The lowest BCUT2D eigenvalue weighted by Crippen LogP contribution is -2.40. The monoisotopic (exact) mass is 374 g/mol. The molecule has 26 heavy (non-hydrogen) atoms. The highest BCUT2D eigenvalue weighted by Crippen LogP contribution is 1.93. The topological polar surface area (TPSA) is 101 Å². The predicted octanol–water partition coefficient (Wildman–Crippen LogP) is 1.01. The summed E-state index contributed by atoms with van der Waals surface area (Å²) in [6, 6.07) is -0.175. The van der Waals surface area contributed by atoms with E-state index in [2.05, 4.69) is 28.2 Å². The fourth-order valence-corrected chi connectivity index (χ4v) is 2.25. The zero-order chi connectivity index (χ0) is 19.6. The molecule has 0 aliphatic carbocycles. The average Bonchev–Trinajstić information content (AvgIpc) is 2.58. The molecule has 154 valence electrons. The van der Waals surface area contributed by atoms with Crippen LogP contribution in [-0.2, 0) is 14.3 Å². The lowest BCUT2D eigenvalue weighted by atomic mass is 10.2. The second kappa shape index (κ2) is 17.1. The molecule has 0 saturated carbocycles.